The first-order valence-corrected chi connectivity index (χ1v) is 5.15. The summed E-state index contributed by atoms with van der Waals surface area (Å²) in [5, 5.41) is 4.15. The Balaban J connectivity index is 2.32. The molecule has 70 valence electrons. The van der Waals surface area contributed by atoms with Gasteiger partial charge in [0.05, 0.1) is 12.6 Å². The lowest BCUT2D eigenvalue weighted by Gasteiger charge is -2.16. The minimum atomic E-state index is 0.322. The molecule has 1 N–H and O–H groups in total. The summed E-state index contributed by atoms with van der Waals surface area (Å²) >= 11 is 5.15. The summed E-state index contributed by atoms with van der Waals surface area (Å²) in [6, 6.07) is 0.322. The predicted octanol–water partition coefficient (Wildman–Crippen LogP) is 1.88. The molecule has 12 heavy (non-hydrogen) atoms. The van der Waals surface area contributed by atoms with Gasteiger partial charge in [0.15, 0.2) is 5.05 Å². The highest BCUT2D eigenvalue weighted by atomic mass is 32.1. The Kier molecular flexibility index (Phi) is 4.54. The van der Waals surface area contributed by atoms with E-state index in [1.54, 1.807) is 0 Å². The SMILES string of the molecule is CCOC(=S)C1CCCCCN1. The lowest BCUT2D eigenvalue weighted by molar-refractivity contribution is 0.313. The van der Waals surface area contributed by atoms with Crippen LogP contribution < -0.4 is 5.32 Å². The van der Waals surface area contributed by atoms with Gasteiger partial charge in [-0.1, -0.05) is 12.8 Å². The maximum atomic E-state index is 5.31. The molecule has 0 saturated carbocycles. The van der Waals surface area contributed by atoms with Crippen molar-refractivity contribution in [2.75, 3.05) is 13.2 Å². The Morgan fingerprint density at radius 2 is 2.33 bits per heavy atom. The predicted molar refractivity (Wildman–Crippen MR) is 54.5 cm³/mol. The number of ether oxygens (including phenoxy) is 1. The molecule has 1 unspecified atom stereocenters. The van der Waals surface area contributed by atoms with Crippen molar-refractivity contribution in [1.82, 2.24) is 5.32 Å². The molecule has 0 spiro atoms. The van der Waals surface area contributed by atoms with Gasteiger partial charge in [0.2, 0.25) is 0 Å². The van der Waals surface area contributed by atoms with Crippen molar-refractivity contribution >= 4 is 17.3 Å². The van der Waals surface area contributed by atoms with Gasteiger partial charge in [-0.05, 0) is 38.5 Å². The summed E-state index contributed by atoms with van der Waals surface area (Å²) in [5.74, 6) is 0. The fourth-order valence-corrected chi connectivity index (χ4v) is 1.79. The molecule has 0 radical (unpaired) electrons. The third kappa shape index (κ3) is 3.07. The molecule has 1 aliphatic heterocycles. The smallest absolute Gasteiger partial charge is 0.176 e. The second-order valence-electron chi connectivity index (χ2n) is 3.11. The van der Waals surface area contributed by atoms with E-state index in [0.29, 0.717) is 12.6 Å². The van der Waals surface area contributed by atoms with E-state index in [1.165, 1.54) is 19.3 Å². The van der Waals surface area contributed by atoms with E-state index in [2.05, 4.69) is 5.32 Å². The van der Waals surface area contributed by atoms with Crippen LogP contribution in [0.15, 0.2) is 0 Å². The molecule has 2 nitrogen and oxygen atoms in total. The van der Waals surface area contributed by atoms with Gasteiger partial charge in [-0.25, -0.2) is 0 Å². The molecule has 1 heterocycles. The quantitative estimate of drug-likeness (QED) is 0.667. The zero-order valence-corrected chi connectivity index (χ0v) is 8.45. The van der Waals surface area contributed by atoms with Crippen LogP contribution in [-0.4, -0.2) is 24.2 Å². The number of rotatable bonds is 2. The molecule has 0 aliphatic carbocycles. The lowest BCUT2D eigenvalue weighted by atomic mass is 10.1. The first-order valence-electron chi connectivity index (χ1n) is 4.74. The Morgan fingerprint density at radius 3 is 3.08 bits per heavy atom. The van der Waals surface area contributed by atoms with Crippen LogP contribution >= 0.6 is 12.2 Å². The molecule has 1 rings (SSSR count). The van der Waals surface area contributed by atoms with E-state index in [4.69, 9.17) is 17.0 Å². The maximum absolute atomic E-state index is 5.31. The van der Waals surface area contributed by atoms with Crippen molar-refractivity contribution in [1.29, 1.82) is 0 Å². The van der Waals surface area contributed by atoms with Gasteiger partial charge in [-0.15, -0.1) is 0 Å². The molecular formula is C9H17NOS. The summed E-state index contributed by atoms with van der Waals surface area (Å²) in [6.45, 7) is 3.75. The standard InChI is InChI=1S/C9H17NOS/c1-2-11-9(12)8-6-4-3-5-7-10-8/h8,10H,2-7H2,1H3. The van der Waals surface area contributed by atoms with Crippen LogP contribution in [0.5, 0.6) is 0 Å². The Labute approximate surface area is 79.7 Å². The zero-order valence-electron chi connectivity index (χ0n) is 7.64. The lowest BCUT2D eigenvalue weighted by Crippen LogP contribution is -2.36. The second-order valence-corrected chi connectivity index (χ2v) is 3.51. The molecular weight excluding hydrogens is 170 g/mol. The minimum Gasteiger partial charge on any atom is -0.486 e. The van der Waals surface area contributed by atoms with Crippen LogP contribution in [0.4, 0.5) is 0 Å². The van der Waals surface area contributed by atoms with E-state index in [1.807, 2.05) is 6.92 Å². The van der Waals surface area contributed by atoms with E-state index in [-0.39, 0.29) is 0 Å². The van der Waals surface area contributed by atoms with Gasteiger partial charge in [-0.3, -0.25) is 0 Å². The molecule has 0 amide bonds. The highest BCUT2D eigenvalue weighted by Gasteiger charge is 2.16. The average Bonchev–Trinajstić information content (AvgIpc) is 2.32. The fraction of sp³-hybridized carbons (Fsp3) is 0.889. The normalized spacial score (nSPS) is 24.6. The number of hydrogen-bond acceptors (Lipinski definition) is 3. The summed E-state index contributed by atoms with van der Waals surface area (Å²) in [7, 11) is 0. The zero-order chi connectivity index (χ0) is 8.81. The number of hydrogen-bond donors (Lipinski definition) is 1. The van der Waals surface area contributed by atoms with Crippen LogP contribution in [0.3, 0.4) is 0 Å². The van der Waals surface area contributed by atoms with Gasteiger partial charge in [0, 0.05) is 0 Å². The first-order chi connectivity index (χ1) is 5.84. The molecule has 0 bridgehead atoms. The van der Waals surface area contributed by atoms with E-state index in [0.717, 1.165) is 18.0 Å². The molecule has 1 aliphatic rings. The monoisotopic (exact) mass is 187 g/mol. The molecule has 0 aromatic heterocycles. The molecule has 1 saturated heterocycles. The molecule has 0 aromatic carbocycles. The van der Waals surface area contributed by atoms with Crippen LogP contribution in [0.25, 0.3) is 0 Å². The van der Waals surface area contributed by atoms with Crippen LogP contribution in [0.1, 0.15) is 32.6 Å². The van der Waals surface area contributed by atoms with Crippen molar-refractivity contribution in [3.05, 3.63) is 0 Å². The van der Waals surface area contributed by atoms with Crippen LogP contribution in [0, 0.1) is 0 Å². The topological polar surface area (TPSA) is 21.3 Å². The third-order valence-electron chi connectivity index (χ3n) is 2.13. The van der Waals surface area contributed by atoms with Crippen molar-refractivity contribution in [3.8, 4) is 0 Å². The average molecular weight is 187 g/mol. The third-order valence-corrected chi connectivity index (χ3v) is 2.53. The van der Waals surface area contributed by atoms with Gasteiger partial charge in [0.25, 0.3) is 0 Å². The van der Waals surface area contributed by atoms with E-state index in [9.17, 15) is 0 Å². The van der Waals surface area contributed by atoms with Gasteiger partial charge in [0.1, 0.15) is 0 Å². The summed E-state index contributed by atoms with van der Waals surface area (Å²) in [6.07, 6.45) is 4.99. The molecule has 3 heteroatoms. The van der Waals surface area contributed by atoms with E-state index >= 15 is 0 Å². The molecule has 1 atom stereocenters. The minimum absolute atomic E-state index is 0.322. The Bertz CT molecular complexity index is 141. The summed E-state index contributed by atoms with van der Waals surface area (Å²) in [4.78, 5) is 0. The van der Waals surface area contributed by atoms with Gasteiger partial charge < -0.3 is 10.1 Å². The van der Waals surface area contributed by atoms with Gasteiger partial charge >= 0.3 is 0 Å². The number of thiocarbonyl (C=S) groups is 1. The highest BCUT2D eigenvalue weighted by Crippen LogP contribution is 2.10. The van der Waals surface area contributed by atoms with Crippen molar-refractivity contribution in [2.45, 2.75) is 38.6 Å². The number of nitrogens with one attached hydrogen (secondary N) is 1. The van der Waals surface area contributed by atoms with E-state index < -0.39 is 0 Å². The second kappa shape index (κ2) is 5.49. The summed E-state index contributed by atoms with van der Waals surface area (Å²) < 4.78 is 5.31. The highest BCUT2D eigenvalue weighted by molar-refractivity contribution is 7.80. The first kappa shape index (κ1) is 9.93. The molecule has 1 fully saturated rings. The van der Waals surface area contributed by atoms with Crippen molar-refractivity contribution < 1.29 is 4.74 Å². The van der Waals surface area contributed by atoms with Crippen molar-refractivity contribution in [3.63, 3.8) is 0 Å². The Hall–Kier alpha value is -0.150. The fourth-order valence-electron chi connectivity index (χ4n) is 1.47. The Morgan fingerprint density at radius 1 is 1.50 bits per heavy atom. The van der Waals surface area contributed by atoms with Gasteiger partial charge in [-0.2, -0.15) is 0 Å². The maximum Gasteiger partial charge on any atom is 0.176 e. The van der Waals surface area contributed by atoms with Crippen LogP contribution in [0.2, 0.25) is 0 Å². The van der Waals surface area contributed by atoms with Crippen LogP contribution in [-0.2, 0) is 4.74 Å². The van der Waals surface area contributed by atoms with Crippen molar-refractivity contribution in [2.24, 2.45) is 0 Å². The summed E-state index contributed by atoms with van der Waals surface area (Å²) in [5.41, 5.74) is 0. The largest absolute Gasteiger partial charge is 0.486 e. The molecule has 0 aromatic rings.